The summed E-state index contributed by atoms with van der Waals surface area (Å²) < 4.78 is 7.82. The summed E-state index contributed by atoms with van der Waals surface area (Å²) in [6.07, 6.45) is 6.15. The van der Waals surface area contributed by atoms with E-state index in [0.29, 0.717) is 6.61 Å². The summed E-state index contributed by atoms with van der Waals surface area (Å²) in [7, 11) is 1.97. The van der Waals surface area contributed by atoms with E-state index in [2.05, 4.69) is 17.2 Å². The van der Waals surface area contributed by atoms with Gasteiger partial charge in [-0.25, -0.2) is 4.98 Å². The monoisotopic (exact) mass is 319 g/mol. The molecule has 1 aliphatic rings. The summed E-state index contributed by atoms with van der Waals surface area (Å²) in [5.74, 6) is 0.0440. The SMILES string of the molecule is CCc1ccsc1C(=O)N[C@H]1CCO[C@H](c2cncn2C)C1. The van der Waals surface area contributed by atoms with E-state index < -0.39 is 0 Å². The minimum Gasteiger partial charge on any atom is -0.372 e. The van der Waals surface area contributed by atoms with Crippen molar-refractivity contribution < 1.29 is 9.53 Å². The lowest BCUT2D eigenvalue weighted by Crippen LogP contribution is -2.40. The fourth-order valence-electron chi connectivity index (χ4n) is 2.88. The molecule has 1 N–H and O–H groups in total. The Morgan fingerprint density at radius 1 is 1.59 bits per heavy atom. The zero-order valence-corrected chi connectivity index (χ0v) is 13.7. The molecule has 1 amide bonds. The highest BCUT2D eigenvalue weighted by Gasteiger charge is 2.27. The van der Waals surface area contributed by atoms with E-state index in [1.54, 1.807) is 6.33 Å². The molecule has 1 aliphatic heterocycles. The van der Waals surface area contributed by atoms with Gasteiger partial charge < -0.3 is 14.6 Å². The fourth-order valence-corrected chi connectivity index (χ4v) is 3.77. The Kier molecular flexibility index (Phi) is 4.59. The van der Waals surface area contributed by atoms with Crippen LogP contribution in [0.2, 0.25) is 0 Å². The highest BCUT2D eigenvalue weighted by molar-refractivity contribution is 7.12. The van der Waals surface area contributed by atoms with Crippen molar-refractivity contribution in [3.63, 3.8) is 0 Å². The van der Waals surface area contributed by atoms with Gasteiger partial charge in [0.15, 0.2) is 0 Å². The van der Waals surface area contributed by atoms with Gasteiger partial charge in [-0.15, -0.1) is 11.3 Å². The lowest BCUT2D eigenvalue weighted by atomic mass is 10.0. The van der Waals surface area contributed by atoms with Gasteiger partial charge in [-0.05, 0) is 36.3 Å². The van der Waals surface area contributed by atoms with E-state index in [1.165, 1.54) is 11.3 Å². The van der Waals surface area contributed by atoms with E-state index >= 15 is 0 Å². The number of aryl methyl sites for hydroxylation is 2. The summed E-state index contributed by atoms with van der Waals surface area (Å²) in [6.45, 7) is 2.73. The van der Waals surface area contributed by atoms with Crippen LogP contribution in [0.15, 0.2) is 24.0 Å². The number of carbonyl (C=O) groups excluding carboxylic acids is 1. The number of amides is 1. The Labute approximate surface area is 134 Å². The Balaban J connectivity index is 1.65. The number of hydrogen-bond donors (Lipinski definition) is 1. The van der Waals surface area contributed by atoms with Gasteiger partial charge in [0, 0.05) is 19.7 Å². The number of hydrogen-bond acceptors (Lipinski definition) is 4. The van der Waals surface area contributed by atoms with Crippen LogP contribution >= 0.6 is 11.3 Å². The molecule has 5 nitrogen and oxygen atoms in total. The maximum Gasteiger partial charge on any atom is 0.261 e. The molecule has 3 rings (SSSR count). The minimum absolute atomic E-state index is 0.000492. The molecule has 22 heavy (non-hydrogen) atoms. The van der Waals surface area contributed by atoms with E-state index in [-0.39, 0.29) is 18.1 Å². The number of imidazole rings is 1. The predicted octanol–water partition coefficient (Wildman–Crippen LogP) is 2.69. The number of carbonyl (C=O) groups is 1. The first kappa shape index (κ1) is 15.2. The summed E-state index contributed by atoms with van der Waals surface area (Å²) in [6, 6.07) is 2.18. The van der Waals surface area contributed by atoms with Crippen LogP contribution in [0, 0.1) is 0 Å². The van der Waals surface area contributed by atoms with Crippen LogP contribution in [0.5, 0.6) is 0 Å². The van der Waals surface area contributed by atoms with Crippen molar-refractivity contribution in [2.45, 2.75) is 38.3 Å². The second-order valence-electron chi connectivity index (χ2n) is 5.61. The predicted molar refractivity (Wildman–Crippen MR) is 86.1 cm³/mol. The van der Waals surface area contributed by atoms with E-state index in [4.69, 9.17) is 4.74 Å². The summed E-state index contributed by atoms with van der Waals surface area (Å²) in [4.78, 5) is 17.4. The highest BCUT2D eigenvalue weighted by Crippen LogP contribution is 2.28. The average Bonchev–Trinajstić information content (AvgIpc) is 3.15. The van der Waals surface area contributed by atoms with Gasteiger partial charge in [0.05, 0.1) is 23.1 Å². The lowest BCUT2D eigenvalue weighted by molar-refractivity contribution is -0.00299. The standard InChI is InChI=1S/C16H21N3O2S/c1-3-11-5-7-22-15(11)16(20)18-12-4-6-21-14(8-12)13-9-17-10-19(13)2/h5,7,9-10,12,14H,3-4,6,8H2,1-2H3,(H,18,20)/t12-,14-/m0/s1. The zero-order chi connectivity index (χ0) is 15.5. The number of aromatic nitrogens is 2. The molecule has 0 unspecified atom stereocenters. The Bertz CT molecular complexity index is 649. The van der Waals surface area contributed by atoms with E-state index in [9.17, 15) is 4.79 Å². The molecule has 0 aromatic carbocycles. The zero-order valence-electron chi connectivity index (χ0n) is 12.9. The van der Waals surface area contributed by atoms with Crippen LogP contribution in [-0.4, -0.2) is 28.1 Å². The molecule has 3 heterocycles. The van der Waals surface area contributed by atoms with Crippen molar-refractivity contribution in [2.24, 2.45) is 7.05 Å². The minimum atomic E-state index is 0.000492. The second-order valence-corrected chi connectivity index (χ2v) is 6.53. The van der Waals surface area contributed by atoms with Crippen LogP contribution in [0.25, 0.3) is 0 Å². The van der Waals surface area contributed by atoms with Gasteiger partial charge in [0.25, 0.3) is 5.91 Å². The number of ether oxygens (including phenoxy) is 1. The fraction of sp³-hybridized carbons (Fsp3) is 0.500. The van der Waals surface area contributed by atoms with Crippen molar-refractivity contribution >= 4 is 17.2 Å². The van der Waals surface area contributed by atoms with Crippen molar-refractivity contribution in [2.75, 3.05) is 6.61 Å². The van der Waals surface area contributed by atoms with Gasteiger partial charge in [0.2, 0.25) is 0 Å². The molecule has 118 valence electrons. The third-order valence-electron chi connectivity index (χ3n) is 4.14. The quantitative estimate of drug-likeness (QED) is 0.942. The number of nitrogens with one attached hydrogen (secondary N) is 1. The number of rotatable bonds is 4. The maximum absolute atomic E-state index is 12.5. The van der Waals surface area contributed by atoms with Gasteiger partial charge >= 0.3 is 0 Å². The number of thiophene rings is 1. The van der Waals surface area contributed by atoms with Crippen molar-refractivity contribution in [1.29, 1.82) is 0 Å². The lowest BCUT2D eigenvalue weighted by Gasteiger charge is -2.30. The molecule has 0 spiro atoms. The molecule has 2 aromatic rings. The molecule has 1 saturated heterocycles. The third-order valence-corrected chi connectivity index (χ3v) is 5.09. The molecule has 0 saturated carbocycles. The molecule has 0 bridgehead atoms. The van der Waals surface area contributed by atoms with Crippen LogP contribution in [-0.2, 0) is 18.2 Å². The molecule has 0 aliphatic carbocycles. The Hall–Kier alpha value is -1.66. The average molecular weight is 319 g/mol. The summed E-state index contributed by atoms with van der Waals surface area (Å²) >= 11 is 1.51. The van der Waals surface area contributed by atoms with Crippen LogP contribution in [0.3, 0.4) is 0 Å². The third kappa shape index (κ3) is 3.08. The molecule has 0 radical (unpaired) electrons. The maximum atomic E-state index is 12.5. The van der Waals surface area contributed by atoms with Crippen molar-refractivity contribution in [1.82, 2.24) is 14.9 Å². The smallest absolute Gasteiger partial charge is 0.261 e. The first-order valence-corrected chi connectivity index (χ1v) is 8.52. The highest BCUT2D eigenvalue weighted by atomic mass is 32.1. The van der Waals surface area contributed by atoms with Gasteiger partial charge in [0.1, 0.15) is 6.10 Å². The Morgan fingerprint density at radius 2 is 2.45 bits per heavy atom. The van der Waals surface area contributed by atoms with E-state index in [0.717, 1.165) is 35.4 Å². The molecular formula is C16H21N3O2S. The van der Waals surface area contributed by atoms with Crippen molar-refractivity contribution in [3.05, 3.63) is 40.1 Å². The number of nitrogens with zero attached hydrogens (tertiary/aromatic N) is 2. The Morgan fingerprint density at radius 3 is 3.18 bits per heavy atom. The van der Waals surface area contributed by atoms with Crippen molar-refractivity contribution in [3.8, 4) is 0 Å². The molecule has 1 fully saturated rings. The topological polar surface area (TPSA) is 56.1 Å². The van der Waals surface area contributed by atoms with Crippen LogP contribution in [0.1, 0.15) is 46.8 Å². The van der Waals surface area contributed by atoms with E-state index in [1.807, 2.05) is 29.3 Å². The summed E-state index contributed by atoms with van der Waals surface area (Å²) in [5, 5.41) is 5.15. The normalized spacial score (nSPS) is 21.7. The first-order valence-electron chi connectivity index (χ1n) is 7.64. The van der Waals surface area contributed by atoms with Crippen LogP contribution < -0.4 is 5.32 Å². The van der Waals surface area contributed by atoms with Crippen LogP contribution in [0.4, 0.5) is 0 Å². The largest absolute Gasteiger partial charge is 0.372 e. The molecular weight excluding hydrogens is 298 g/mol. The first-order chi connectivity index (χ1) is 10.7. The van der Waals surface area contributed by atoms with Gasteiger partial charge in [-0.2, -0.15) is 0 Å². The molecule has 6 heteroatoms. The molecule has 2 atom stereocenters. The van der Waals surface area contributed by atoms with Gasteiger partial charge in [-0.1, -0.05) is 6.92 Å². The summed E-state index contributed by atoms with van der Waals surface area (Å²) in [5.41, 5.74) is 2.18. The second kappa shape index (κ2) is 6.62. The van der Waals surface area contributed by atoms with Gasteiger partial charge in [-0.3, -0.25) is 4.79 Å². The molecule has 2 aromatic heterocycles.